The first-order chi connectivity index (χ1) is 11.6. The molecule has 3 amide bonds. The maximum Gasteiger partial charge on any atom is 0.328 e. The van der Waals surface area contributed by atoms with E-state index in [1.54, 1.807) is 13.8 Å². The second kappa shape index (κ2) is 7.25. The normalized spacial score (nSPS) is 19.2. The number of urea groups is 1. The molecule has 0 spiro atoms. The Bertz CT molecular complexity index is 667. The zero-order valence-electron chi connectivity index (χ0n) is 15.4. The monoisotopic (exact) mass is 346 g/mol. The van der Waals surface area contributed by atoms with Gasteiger partial charge in [-0.2, -0.15) is 0 Å². The predicted molar refractivity (Wildman–Crippen MR) is 93.9 cm³/mol. The third-order valence-corrected chi connectivity index (χ3v) is 4.55. The van der Waals surface area contributed by atoms with E-state index in [-0.39, 0.29) is 18.4 Å². The number of amides is 3. The maximum atomic E-state index is 12.9. The number of carboxylic acids is 1. The van der Waals surface area contributed by atoms with Gasteiger partial charge in [-0.15, -0.1) is 0 Å². The second-order valence-corrected chi connectivity index (χ2v) is 7.32. The van der Waals surface area contributed by atoms with E-state index in [1.165, 1.54) is 4.90 Å². The minimum absolute atomic E-state index is 0.103. The van der Waals surface area contributed by atoms with Gasteiger partial charge in [-0.25, -0.2) is 14.5 Å². The minimum atomic E-state index is -1.16. The highest BCUT2D eigenvalue weighted by atomic mass is 16.4. The summed E-state index contributed by atoms with van der Waals surface area (Å²) >= 11 is 0. The van der Waals surface area contributed by atoms with Crippen LogP contribution < -0.4 is 0 Å². The number of hydrogen-bond donors (Lipinski definition) is 1. The number of aryl methyl sites for hydroxylation is 1. The van der Waals surface area contributed by atoms with Crippen LogP contribution in [0.3, 0.4) is 0 Å². The number of aliphatic carboxylic acids is 1. The van der Waals surface area contributed by atoms with Crippen LogP contribution in [-0.4, -0.2) is 44.9 Å². The standard InChI is InChI=1S/C19H26N2O4/c1-11(2)15-17(22)21(16(12(3)4)18(23)24)19(25)20(15)10-14-8-6-13(5)7-9-14/h6-9,11-12,15-16H,10H2,1-5H3,(H,23,24). The van der Waals surface area contributed by atoms with Gasteiger partial charge in [0.25, 0.3) is 5.91 Å². The highest BCUT2D eigenvalue weighted by Crippen LogP contribution is 2.29. The van der Waals surface area contributed by atoms with Gasteiger partial charge >= 0.3 is 12.0 Å². The summed E-state index contributed by atoms with van der Waals surface area (Å²) in [5.74, 6) is -2.05. The number of rotatable bonds is 6. The van der Waals surface area contributed by atoms with E-state index < -0.39 is 30.0 Å². The molecule has 0 bridgehead atoms. The zero-order chi connectivity index (χ0) is 18.9. The summed E-state index contributed by atoms with van der Waals surface area (Å²) in [6.07, 6.45) is 0. The van der Waals surface area contributed by atoms with Gasteiger partial charge in [-0.1, -0.05) is 57.5 Å². The molecule has 0 radical (unpaired) electrons. The van der Waals surface area contributed by atoms with E-state index in [2.05, 4.69) is 0 Å². The average molecular weight is 346 g/mol. The highest BCUT2D eigenvalue weighted by Gasteiger charge is 2.51. The highest BCUT2D eigenvalue weighted by molar-refractivity contribution is 6.07. The Morgan fingerprint density at radius 2 is 1.68 bits per heavy atom. The lowest BCUT2D eigenvalue weighted by atomic mass is 10.00. The van der Waals surface area contributed by atoms with Crippen molar-refractivity contribution in [2.45, 2.75) is 53.2 Å². The first-order valence-corrected chi connectivity index (χ1v) is 8.57. The molecule has 2 atom stereocenters. The summed E-state index contributed by atoms with van der Waals surface area (Å²) in [6.45, 7) is 9.40. The van der Waals surface area contributed by atoms with Gasteiger partial charge in [-0.05, 0) is 24.3 Å². The molecule has 136 valence electrons. The molecule has 2 unspecified atom stereocenters. The molecule has 1 N–H and O–H groups in total. The largest absolute Gasteiger partial charge is 0.480 e. The molecule has 1 saturated heterocycles. The molecule has 25 heavy (non-hydrogen) atoms. The van der Waals surface area contributed by atoms with Crippen LogP contribution in [0, 0.1) is 18.8 Å². The van der Waals surface area contributed by atoms with E-state index >= 15 is 0 Å². The van der Waals surface area contributed by atoms with Gasteiger partial charge in [-0.3, -0.25) is 4.79 Å². The Hall–Kier alpha value is -2.37. The molecule has 1 heterocycles. The van der Waals surface area contributed by atoms with Crippen molar-refractivity contribution >= 4 is 17.9 Å². The first-order valence-electron chi connectivity index (χ1n) is 8.57. The van der Waals surface area contributed by atoms with Crippen molar-refractivity contribution in [2.24, 2.45) is 11.8 Å². The van der Waals surface area contributed by atoms with E-state index in [1.807, 2.05) is 45.0 Å². The van der Waals surface area contributed by atoms with Crippen molar-refractivity contribution in [2.75, 3.05) is 0 Å². The van der Waals surface area contributed by atoms with Crippen LogP contribution in [0.2, 0.25) is 0 Å². The SMILES string of the molecule is Cc1ccc(CN2C(=O)N(C(C(=O)O)C(C)C)C(=O)C2C(C)C)cc1. The molecule has 6 heteroatoms. The number of hydrogen-bond acceptors (Lipinski definition) is 3. The minimum Gasteiger partial charge on any atom is -0.480 e. The number of carboxylic acid groups (broad SMARTS) is 1. The van der Waals surface area contributed by atoms with Gasteiger partial charge in [0.05, 0.1) is 0 Å². The van der Waals surface area contributed by atoms with Crippen LogP contribution in [0.4, 0.5) is 4.79 Å². The molecular weight excluding hydrogens is 320 g/mol. The average Bonchev–Trinajstić information content (AvgIpc) is 2.74. The molecule has 2 rings (SSSR count). The smallest absolute Gasteiger partial charge is 0.328 e. The molecule has 6 nitrogen and oxygen atoms in total. The molecule has 1 aliphatic heterocycles. The summed E-state index contributed by atoms with van der Waals surface area (Å²) in [6, 6.07) is 5.43. The summed E-state index contributed by atoms with van der Waals surface area (Å²) in [7, 11) is 0. The van der Waals surface area contributed by atoms with Gasteiger partial charge in [0.2, 0.25) is 0 Å². The van der Waals surface area contributed by atoms with Gasteiger partial charge in [0.1, 0.15) is 12.1 Å². The van der Waals surface area contributed by atoms with Crippen molar-refractivity contribution in [3.63, 3.8) is 0 Å². The number of nitrogens with zero attached hydrogens (tertiary/aromatic N) is 2. The van der Waals surface area contributed by atoms with E-state index in [0.717, 1.165) is 16.0 Å². The van der Waals surface area contributed by atoms with Crippen molar-refractivity contribution in [1.29, 1.82) is 0 Å². The Morgan fingerprint density at radius 1 is 1.12 bits per heavy atom. The van der Waals surface area contributed by atoms with E-state index in [4.69, 9.17) is 0 Å². The lowest BCUT2D eigenvalue weighted by Crippen LogP contribution is -2.49. The van der Waals surface area contributed by atoms with Crippen LogP contribution in [0.15, 0.2) is 24.3 Å². The quantitative estimate of drug-likeness (QED) is 0.804. The summed E-state index contributed by atoms with van der Waals surface area (Å²) in [5.41, 5.74) is 2.02. The lowest BCUT2D eigenvalue weighted by molar-refractivity contribution is -0.148. The van der Waals surface area contributed by atoms with Crippen molar-refractivity contribution in [3.05, 3.63) is 35.4 Å². The third-order valence-electron chi connectivity index (χ3n) is 4.55. The Kier molecular flexibility index (Phi) is 5.50. The van der Waals surface area contributed by atoms with Gasteiger partial charge in [0.15, 0.2) is 0 Å². The molecule has 1 aromatic rings. The number of carbonyl (C=O) groups excluding carboxylic acids is 2. The fraction of sp³-hybridized carbons (Fsp3) is 0.526. The van der Waals surface area contributed by atoms with Crippen LogP contribution in [0.25, 0.3) is 0 Å². The Morgan fingerprint density at radius 3 is 2.12 bits per heavy atom. The Labute approximate surface area is 148 Å². The fourth-order valence-corrected chi connectivity index (χ4v) is 3.28. The summed E-state index contributed by atoms with van der Waals surface area (Å²) in [5, 5.41) is 9.51. The maximum absolute atomic E-state index is 12.9. The number of benzene rings is 1. The van der Waals surface area contributed by atoms with Gasteiger partial charge in [0, 0.05) is 6.54 Å². The first kappa shape index (κ1) is 19.0. The van der Waals surface area contributed by atoms with Crippen molar-refractivity contribution in [1.82, 2.24) is 9.80 Å². The topological polar surface area (TPSA) is 77.9 Å². The predicted octanol–water partition coefficient (Wildman–Crippen LogP) is 2.89. The summed E-state index contributed by atoms with van der Waals surface area (Å²) < 4.78 is 0. The fourth-order valence-electron chi connectivity index (χ4n) is 3.28. The second-order valence-electron chi connectivity index (χ2n) is 7.32. The zero-order valence-corrected chi connectivity index (χ0v) is 15.4. The molecule has 1 fully saturated rings. The Balaban J connectivity index is 2.37. The molecule has 0 aliphatic carbocycles. The molecule has 0 aromatic heterocycles. The van der Waals surface area contributed by atoms with Crippen LogP contribution >= 0.6 is 0 Å². The van der Waals surface area contributed by atoms with Crippen molar-refractivity contribution in [3.8, 4) is 0 Å². The summed E-state index contributed by atoms with van der Waals surface area (Å²) in [4.78, 5) is 39.8. The van der Waals surface area contributed by atoms with E-state index in [9.17, 15) is 19.5 Å². The van der Waals surface area contributed by atoms with Crippen LogP contribution in [0.1, 0.15) is 38.8 Å². The van der Waals surface area contributed by atoms with Crippen LogP contribution in [-0.2, 0) is 16.1 Å². The molecule has 0 saturated carbocycles. The van der Waals surface area contributed by atoms with E-state index in [0.29, 0.717) is 0 Å². The molecule has 1 aromatic carbocycles. The molecular formula is C19H26N2O4. The lowest BCUT2D eigenvalue weighted by Gasteiger charge is -2.26. The van der Waals surface area contributed by atoms with Crippen molar-refractivity contribution < 1.29 is 19.5 Å². The third kappa shape index (κ3) is 3.67. The number of imide groups is 1. The number of carbonyl (C=O) groups is 3. The van der Waals surface area contributed by atoms with Crippen LogP contribution in [0.5, 0.6) is 0 Å². The van der Waals surface area contributed by atoms with Gasteiger partial charge < -0.3 is 10.0 Å². The molecule has 1 aliphatic rings.